The number of carbonyl (C=O) groups excluding carboxylic acids is 1. The molecule has 0 unspecified atom stereocenters. The summed E-state index contributed by atoms with van der Waals surface area (Å²) >= 11 is 0. The monoisotopic (exact) mass is 270 g/mol. The van der Waals surface area contributed by atoms with Gasteiger partial charge in [-0.1, -0.05) is 12.1 Å². The molecule has 0 aliphatic heterocycles. The van der Waals surface area contributed by atoms with Gasteiger partial charge in [-0.15, -0.1) is 0 Å². The van der Waals surface area contributed by atoms with E-state index < -0.39 is 34.7 Å². The van der Waals surface area contributed by atoms with Crippen LogP contribution in [0.2, 0.25) is 0 Å². The van der Waals surface area contributed by atoms with Gasteiger partial charge in [0.2, 0.25) is 0 Å². The molecule has 0 aliphatic rings. The molecule has 0 radical (unpaired) electrons. The molecule has 0 aliphatic carbocycles. The van der Waals surface area contributed by atoms with Crippen LogP contribution < -0.4 is 5.32 Å². The average molecular weight is 270 g/mol. The number of aliphatic carboxylic acids is 1. The smallest absolute Gasteiger partial charge is 0.335 e. The number of carbonyl (C=O) groups is 2. The minimum atomic E-state index is -2.32. The van der Waals surface area contributed by atoms with Crippen molar-refractivity contribution in [2.75, 3.05) is 5.32 Å². The van der Waals surface area contributed by atoms with Crippen molar-refractivity contribution in [3.63, 3.8) is 0 Å². The van der Waals surface area contributed by atoms with Crippen molar-refractivity contribution in [2.24, 2.45) is 0 Å². The van der Waals surface area contributed by atoms with E-state index in [4.69, 9.17) is 10.2 Å². The molecule has 0 heterocycles. The number of anilines is 1. The Bertz CT molecular complexity index is 516. The molecular formula is C10H10N2O7. The third-order valence-corrected chi connectivity index (χ3v) is 2.18. The van der Waals surface area contributed by atoms with E-state index in [2.05, 4.69) is 0 Å². The zero-order valence-electron chi connectivity index (χ0n) is 9.39. The molecule has 9 heteroatoms. The van der Waals surface area contributed by atoms with Crippen molar-refractivity contribution in [3.05, 3.63) is 34.4 Å². The second kappa shape index (κ2) is 5.89. The third kappa shape index (κ3) is 3.47. The lowest BCUT2D eigenvalue weighted by molar-refractivity contribution is -0.383. The fraction of sp³-hybridized carbons (Fsp3) is 0.200. The largest absolute Gasteiger partial charge is 0.479 e. The number of aliphatic hydroxyl groups excluding tert-OH is 2. The van der Waals surface area contributed by atoms with E-state index in [1.54, 1.807) is 0 Å². The van der Waals surface area contributed by atoms with Crippen LogP contribution in [-0.2, 0) is 9.59 Å². The maximum atomic E-state index is 11.4. The zero-order valence-corrected chi connectivity index (χ0v) is 9.39. The number of aliphatic hydroxyl groups is 2. The van der Waals surface area contributed by atoms with Crippen LogP contribution in [0, 0.1) is 10.1 Å². The SMILES string of the molecule is O=C(O)[C@@H](O)[C@H](O)C(=O)Nc1ccccc1[N+](=O)[O-]. The van der Waals surface area contributed by atoms with E-state index >= 15 is 0 Å². The Morgan fingerprint density at radius 2 is 1.79 bits per heavy atom. The fourth-order valence-corrected chi connectivity index (χ4v) is 1.22. The van der Waals surface area contributed by atoms with Gasteiger partial charge in [0.15, 0.2) is 12.2 Å². The Balaban J connectivity index is 2.88. The van der Waals surface area contributed by atoms with Crippen molar-refractivity contribution >= 4 is 23.3 Å². The summed E-state index contributed by atoms with van der Waals surface area (Å²) in [6.07, 6.45) is -4.56. The quantitative estimate of drug-likeness (QED) is 0.409. The standard InChI is InChI=1S/C10H10N2O7/c13-7(8(14)10(16)17)9(15)11-5-3-1-2-4-6(5)12(18)19/h1-4,7-8,13-14H,(H,11,15)(H,16,17)/t7-,8-/m0/s1. The molecule has 0 bridgehead atoms. The highest BCUT2D eigenvalue weighted by Gasteiger charge is 2.31. The number of carboxylic acids is 1. The van der Waals surface area contributed by atoms with Gasteiger partial charge in [0.25, 0.3) is 11.6 Å². The number of nitro groups is 1. The van der Waals surface area contributed by atoms with Crippen LogP contribution in [0.4, 0.5) is 11.4 Å². The van der Waals surface area contributed by atoms with E-state index in [-0.39, 0.29) is 5.69 Å². The van der Waals surface area contributed by atoms with Gasteiger partial charge in [-0.3, -0.25) is 14.9 Å². The summed E-state index contributed by atoms with van der Waals surface area (Å²) in [4.78, 5) is 31.7. The number of nitrogens with one attached hydrogen (secondary N) is 1. The van der Waals surface area contributed by atoms with Crippen LogP contribution >= 0.6 is 0 Å². The van der Waals surface area contributed by atoms with Crippen LogP contribution in [0.3, 0.4) is 0 Å². The fourth-order valence-electron chi connectivity index (χ4n) is 1.22. The van der Waals surface area contributed by atoms with Crippen molar-refractivity contribution in [3.8, 4) is 0 Å². The van der Waals surface area contributed by atoms with Crippen molar-refractivity contribution in [1.82, 2.24) is 0 Å². The van der Waals surface area contributed by atoms with Crippen LogP contribution in [0.15, 0.2) is 24.3 Å². The molecule has 0 spiro atoms. The molecular weight excluding hydrogens is 260 g/mol. The topological polar surface area (TPSA) is 150 Å². The second-order valence-corrected chi connectivity index (χ2v) is 3.49. The maximum Gasteiger partial charge on any atom is 0.335 e. The van der Waals surface area contributed by atoms with Gasteiger partial charge < -0.3 is 20.6 Å². The first-order chi connectivity index (χ1) is 8.84. The number of nitrogens with zero attached hydrogens (tertiary/aromatic N) is 1. The highest BCUT2D eigenvalue weighted by Crippen LogP contribution is 2.23. The molecule has 1 rings (SSSR count). The van der Waals surface area contributed by atoms with Gasteiger partial charge >= 0.3 is 5.97 Å². The molecule has 19 heavy (non-hydrogen) atoms. The van der Waals surface area contributed by atoms with Gasteiger partial charge in [-0.05, 0) is 6.07 Å². The molecule has 1 amide bonds. The van der Waals surface area contributed by atoms with Gasteiger partial charge in [-0.2, -0.15) is 0 Å². The summed E-state index contributed by atoms with van der Waals surface area (Å²) in [5, 5.41) is 39.3. The molecule has 9 nitrogen and oxygen atoms in total. The lowest BCUT2D eigenvalue weighted by Crippen LogP contribution is -2.42. The first-order valence-corrected chi connectivity index (χ1v) is 4.98. The number of hydrogen-bond acceptors (Lipinski definition) is 6. The highest BCUT2D eigenvalue weighted by molar-refractivity contribution is 5.98. The molecule has 0 saturated carbocycles. The lowest BCUT2D eigenvalue weighted by atomic mass is 10.2. The summed E-state index contributed by atoms with van der Waals surface area (Å²) in [5.41, 5.74) is -0.637. The Hall–Kier alpha value is -2.52. The molecule has 0 fully saturated rings. The molecule has 102 valence electrons. The van der Waals surface area contributed by atoms with E-state index in [1.165, 1.54) is 18.2 Å². The number of nitro benzene ring substituents is 1. The molecule has 2 atom stereocenters. The number of rotatable bonds is 5. The van der Waals surface area contributed by atoms with Crippen LogP contribution in [0.25, 0.3) is 0 Å². The molecule has 0 aromatic heterocycles. The highest BCUT2D eigenvalue weighted by atomic mass is 16.6. The van der Waals surface area contributed by atoms with Gasteiger partial charge in [0.1, 0.15) is 5.69 Å². The number of hydrogen-bond donors (Lipinski definition) is 4. The predicted octanol–water partition coefficient (Wildman–Crippen LogP) is -0.660. The van der Waals surface area contributed by atoms with E-state index in [1.807, 2.05) is 5.32 Å². The van der Waals surface area contributed by atoms with E-state index in [9.17, 15) is 24.8 Å². The lowest BCUT2D eigenvalue weighted by Gasteiger charge is -2.13. The van der Waals surface area contributed by atoms with E-state index in [0.717, 1.165) is 6.07 Å². The summed E-state index contributed by atoms with van der Waals surface area (Å²) in [6, 6.07) is 5.10. The third-order valence-electron chi connectivity index (χ3n) is 2.18. The van der Waals surface area contributed by atoms with Gasteiger partial charge in [-0.25, -0.2) is 4.79 Å². The first-order valence-electron chi connectivity index (χ1n) is 4.98. The van der Waals surface area contributed by atoms with Crippen LogP contribution in [-0.4, -0.2) is 44.3 Å². The first kappa shape index (κ1) is 14.5. The van der Waals surface area contributed by atoms with Crippen LogP contribution in [0.1, 0.15) is 0 Å². The molecule has 1 aromatic rings. The van der Waals surface area contributed by atoms with Crippen molar-refractivity contribution in [1.29, 1.82) is 0 Å². The van der Waals surface area contributed by atoms with Crippen LogP contribution in [0.5, 0.6) is 0 Å². The molecule has 4 N–H and O–H groups in total. The summed E-state index contributed by atoms with van der Waals surface area (Å²) < 4.78 is 0. The Morgan fingerprint density at radius 1 is 1.21 bits per heavy atom. The number of benzene rings is 1. The normalized spacial score (nSPS) is 13.4. The number of carboxylic acid groups (broad SMARTS) is 1. The average Bonchev–Trinajstić information content (AvgIpc) is 2.37. The Morgan fingerprint density at radius 3 is 2.32 bits per heavy atom. The zero-order chi connectivity index (χ0) is 14.6. The predicted molar refractivity (Wildman–Crippen MR) is 61.4 cm³/mol. The van der Waals surface area contributed by atoms with Gasteiger partial charge in [0, 0.05) is 6.07 Å². The second-order valence-electron chi connectivity index (χ2n) is 3.49. The maximum absolute atomic E-state index is 11.4. The van der Waals surface area contributed by atoms with Gasteiger partial charge in [0.05, 0.1) is 4.92 Å². The number of para-hydroxylation sites is 2. The van der Waals surface area contributed by atoms with Crippen molar-refractivity contribution in [2.45, 2.75) is 12.2 Å². The molecule has 0 saturated heterocycles. The Kier molecular flexibility index (Phi) is 4.51. The minimum absolute atomic E-state index is 0.214. The summed E-state index contributed by atoms with van der Waals surface area (Å²) in [7, 11) is 0. The molecule has 1 aromatic carbocycles. The van der Waals surface area contributed by atoms with Crippen molar-refractivity contribution < 1.29 is 29.8 Å². The van der Waals surface area contributed by atoms with E-state index in [0.29, 0.717) is 0 Å². The Labute approximate surface area is 106 Å². The summed E-state index contributed by atoms with van der Waals surface area (Å²) in [6.45, 7) is 0. The summed E-state index contributed by atoms with van der Waals surface area (Å²) in [5.74, 6) is -3.05. The minimum Gasteiger partial charge on any atom is -0.479 e. The number of amides is 1.